The van der Waals surface area contributed by atoms with E-state index in [2.05, 4.69) is 20.8 Å². The van der Waals surface area contributed by atoms with Crippen LogP contribution in [0.1, 0.15) is 28.7 Å². The van der Waals surface area contributed by atoms with E-state index in [1.807, 2.05) is 0 Å². The largest absolute Gasteiger partial charge is 0.492 e. The topological polar surface area (TPSA) is 116 Å². The van der Waals surface area contributed by atoms with Gasteiger partial charge in [0.05, 0.1) is 6.61 Å². The molecule has 0 aliphatic carbocycles. The number of nitrogens with zero attached hydrogens (tertiary/aromatic N) is 2. The van der Waals surface area contributed by atoms with Gasteiger partial charge in [0, 0.05) is 50.6 Å². The molecule has 1 amide bonds. The van der Waals surface area contributed by atoms with Gasteiger partial charge >= 0.3 is 0 Å². The molecule has 1 aliphatic rings. The molecule has 27 heavy (non-hydrogen) atoms. The van der Waals surface area contributed by atoms with Crippen LogP contribution < -0.4 is 15.4 Å². The van der Waals surface area contributed by atoms with Crippen LogP contribution in [0.4, 0.5) is 5.69 Å². The summed E-state index contributed by atoms with van der Waals surface area (Å²) in [5.74, 6) is -0.154. The third-order valence-corrected chi connectivity index (χ3v) is 6.12. The van der Waals surface area contributed by atoms with E-state index >= 15 is 0 Å². The summed E-state index contributed by atoms with van der Waals surface area (Å²) in [5.41, 5.74) is 2.44. The Hall–Kier alpha value is -2.43. The van der Waals surface area contributed by atoms with Gasteiger partial charge in [0.25, 0.3) is 5.91 Å². The lowest BCUT2D eigenvalue weighted by Gasteiger charge is -2.17. The average Bonchev–Trinajstić information content (AvgIpc) is 3.07. The van der Waals surface area contributed by atoms with Crippen molar-refractivity contribution >= 4 is 21.6 Å². The maximum absolute atomic E-state index is 12.6. The summed E-state index contributed by atoms with van der Waals surface area (Å²) in [5, 5.41) is 12.9. The Labute approximate surface area is 158 Å². The van der Waals surface area contributed by atoms with E-state index in [-0.39, 0.29) is 10.6 Å². The van der Waals surface area contributed by atoms with Crippen molar-refractivity contribution in [2.24, 2.45) is 0 Å². The minimum atomic E-state index is -3.73. The predicted octanol–water partition coefficient (Wildman–Crippen LogP) is 0.957. The molecule has 0 radical (unpaired) electrons. The van der Waals surface area contributed by atoms with Crippen molar-refractivity contribution in [1.82, 2.24) is 19.8 Å². The van der Waals surface area contributed by atoms with Crippen LogP contribution in [0.5, 0.6) is 5.75 Å². The minimum Gasteiger partial charge on any atom is -0.492 e. The molecule has 1 aromatic carbocycles. The van der Waals surface area contributed by atoms with Gasteiger partial charge in [0.1, 0.15) is 10.6 Å². The molecule has 0 spiro atoms. The molecule has 0 saturated heterocycles. The molecule has 146 valence electrons. The van der Waals surface area contributed by atoms with Gasteiger partial charge in [-0.3, -0.25) is 9.89 Å². The van der Waals surface area contributed by atoms with E-state index in [1.54, 1.807) is 13.0 Å². The van der Waals surface area contributed by atoms with Crippen LogP contribution in [0.15, 0.2) is 23.1 Å². The second kappa shape index (κ2) is 7.67. The van der Waals surface area contributed by atoms with Crippen molar-refractivity contribution in [3.05, 3.63) is 35.2 Å². The number of nitrogens with one attached hydrogen (secondary N) is 3. The summed E-state index contributed by atoms with van der Waals surface area (Å²) in [6.45, 7) is 3.50. The molecule has 0 unspecified atom stereocenters. The number of ether oxygens (including phenoxy) is 1. The van der Waals surface area contributed by atoms with E-state index in [0.717, 1.165) is 28.5 Å². The lowest BCUT2D eigenvalue weighted by atomic mass is 10.1. The molecular weight excluding hydrogens is 370 g/mol. The highest BCUT2D eigenvalue weighted by Gasteiger charge is 2.25. The number of benzene rings is 1. The molecule has 0 fully saturated rings. The van der Waals surface area contributed by atoms with Gasteiger partial charge < -0.3 is 15.4 Å². The number of hydrogen-bond donors (Lipinski definition) is 3. The number of aromatic nitrogens is 2. The molecule has 0 bridgehead atoms. The number of H-pyrrole nitrogens is 1. The van der Waals surface area contributed by atoms with Crippen LogP contribution >= 0.6 is 0 Å². The van der Waals surface area contributed by atoms with E-state index < -0.39 is 15.9 Å². The predicted molar refractivity (Wildman–Crippen MR) is 100 cm³/mol. The van der Waals surface area contributed by atoms with Gasteiger partial charge in [-0.25, -0.2) is 12.7 Å². The molecule has 9 nitrogen and oxygen atoms in total. The molecule has 0 atom stereocenters. The Morgan fingerprint density at radius 1 is 1.37 bits per heavy atom. The van der Waals surface area contributed by atoms with Crippen molar-refractivity contribution in [1.29, 1.82) is 0 Å². The first kappa shape index (κ1) is 19.3. The maximum Gasteiger partial charge on any atom is 0.276 e. The SMILES string of the molecule is CCOc1ccc(NC(=O)c2n[nH]c3c2CNCC3)cc1S(=O)(=O)N(C)C. The number of aromatic amines is 1. The van der Waals surface area contributed by atoms with Crippen LogP contribution in [-0.2, 0) is 23.0 Å². The van der Waals surface area contributed by atoms with Crippen LogP contribution in [0, 0.1) is 0 Å². The van der Waals surface area contributed by atoms with Crippen molar-refractivity contribution in [2.45, 2.75) is 24.8 Å². The first-order chi connectivity index (χ1) is 12.8. The Morgan fingerprint density at radius 3 is 2.85 bits per heavy atom. The number of rotatable bonds is 6. The standard InChI is InChI=1S/C17H23N5O4S/c1-4-26-14-6-5-11(9-15(14)27(24,25)22(2)3)19-17(23)16-12-10-18-8-7-13(12)20-21-16/h5-6,9,18H,4,7-8,10H2,1-3H3,(H,19,23)(H,20,21). The Kier molecular flexibility index (Phi) is 5.49. The van der Waals surface area contributed by atoms with E-state index in [0.29, 0.717) is 24.5 Å². The van der Waals surface area contributed by atoms with Crippen molar-refractivity contribution < 1.29 is 17.9 Å². The zero-order chi connectivity index (χ0) is 19.6. The van der Waals surface area contributed by atoms with E-state index in [4.69, 9.17) is 4.74 Å². The van der Waals surface area contributed by atoms with Crippen molar-refractivity contribution in [3.63, 3.8) is 0 Å². The fourth-order valence-electron chi connectivity index (χ4n) is 2.86. The summed E-state index contributed by atoms with van der Waals surface area (Å²) in [6, 6.07) is 4.54. The summed E-state index contributed by atoms with van der Waals surface area (Å²) in [6.07, 6.45) is 0.782. The van der Waals surface area contributed by atoms with Crippen LogP contribution in [0.25, 0.3) is 0 Å². The van der Waals surface area contributed by atoms with Gasteiger partial charge in [-0.1, -0.05) is 0 Å². The zero-order valence-corrected chi connectivity index (χ0v) is 16.3. The molecule has 1 aliphatic heterocycles. The molecule has 10 heteroatoms. The third kappa shape index (κ3) is 3.82. The Balaban J connectivity index is 1.91. The second-order valence-corrected chi connectivity index (χ2v) is 8.41. The molecule has 2 heterocycles. The van der Waals surface area contributed by atoms with Crippen molar-refractivity contribution in [2.75, 3.05) is 32.6 Å². The fourth-order valence-corrected chi connectivity index (χ4v) is 3.91. The normalized spacial score (nSPS) is 14.1. The number of carbonyl (C=O) groups excluding carboxylic acids is 1. The summed E-state index contributed by atoms with van der Waals surface area (Å²) >= 11 is 0. The highest BCUT2D eigenvalue weighted by molar-refractivity contribution is 7.89. The monoisotopic (exact) mass is 393 g/mol. The number of anilines is 1. The number of hydrogen-bond acceptors (Lipinski definition) is 6. The quantitative estimate of drug-likeness (QED) is 0.673. The zero-order valence-electron chi connectivity index (χ0n) is 15.5. The molecular formula is C17H23N5O4S. The lowest BCUT2D eigenvalue weighted by molar-refractivity contribution is 0.102. The Morgan fingerprint density at radius 2 is 2.15 bits per heavy atom. The first-order valence-electron chi connectivity index (χ1n) is 8.62. The summed E-state index contributed by atoms with van der Waals surface area (Å²) in [4.78, 5) is 12.6. The van der Waals surface area contributed by atoms with Gasteiger partial charge in [-0.2, -0.15) is 5.10 Å². The maximum atomic E-state index is 12.6. The van der Waals surface area contributed by atoms with Gasteiger partial charge in [-0.15, -0.1) is 0 Å². The number of sulfonamides is 1. The van der Waals surface area contributed by atoms with E-state index in [1.165, 1.54) is 26.2 Å². The molecule has 1 aromatic heterocycles. The number of amides is 1. The number of fused-ring (bicyclic) bond motifs is 1. The van der Waals surface area contributed by atoms with Crippen LogP contribution in [-0.4, -0.2) is 56.1 Å². The first-order valence-corrected chi connectivity index (χ1v) is 10.1. The Bertz CT molecular complexity index is 952. The highest BCUT2D eigenvalue weighted by Crippen LogP contribution is 2.29. The highest BCUT2D eigenvalue weighted by atomic mass is 32.2. The fraction of sp³-hybridized carbons (Fsp3) is 0.412. The van der Waals surface area contributed by atoms with Crippen LogP contribution in [0.2, 0.25) is 0 Å². The van der Waals surface area contributed by atoms with Gasteiger partial charge in [0.2, 0.25) is 10.0 Å². The molecule has 2 aromatic rings. The molecule has 3 N–H and O–H groups in total. The lowest BCUT2D eigenvalue weighted by Crippen LogP contribution is -2.25. The third-order valence-electron chi connectivity index (χ3n) is 4.28. The van der Waals surface area contributed by atoms with Gasteiger partial charge in [0.15, 0.2) is 5.69 Å². The number of carbonyl (C=O) groups is 1. The van der Waals surface area contributed by atoms with Crippen molar-refractivity contribution in [3.8, 4) is 5.75 Å². The molecule has 0 saturated carbocycles. The average molecular weight is 393 g/mol. The summed E-state index contributed by atoms with van der Waals surface area (Å²) in [7, 11) is -0.843. The van der Waals surface area contributed by atoms with Gasteiger partial charge in [-0.05, 0) is 25.1 Å². The van der Waals surface area contributed by atoms with Crippen LogP contribution in [0.3, 0.4) is 0 Å². The van der Waals surface area contributed by atoms with E-state index in [9.17, 15) is 13.2 Å². The smallest absolute Gasteiger partial charge is 0.276 e. The second-order valence-electron chi connectivity index (χ2n) is 6.29. The molecule has 3 rings (SSSR count). The minimum absolute atomic E-state index is 0.00197. The summed E-state index contributed by atoms with van der Waals surface area (Å²) < 4.78 is 31.7.